The molecule has 1 N–H and O–H groups in total. The summed E-state index contributed by atoms with van der Waals surface area (Å²) in [6.45, 7) is 1.61. The number of esters is 1. The third kappa shape index (κ3) is 3.22. The van der Waals surface area contributed by atoms with Gasteiger partial charge in [0.25, 0.3) is 11.8 Å². The van der Waals surface area contributed by atoms with Crippen LogP contribution in [0.2, 0.25) is 0 Å². The van der Waals surface area contributed by atoms with Gasteiger partial charge in [0, 0.05) is 10.9 Å². The van der Waals surface area contributed by atoms with Crippen LogP contribution in [0.15, 0.2) is 63.7 Å². The fourth-order valence-electron chi connectivity index (χ4n) is 3.10. The Morgan fingerprint density at radius 1 is 1.13 bits per heavy atom. The van der Waals surface area contributed by atoms with Crippen LogP contribution in [0.1, 0.15) is 22.0 Å². The van der Waals surface area contributed by atoms with Gasteiger partial charge in [-0.1, -0.05) is 41.6 Å². The van der Waals surface area contributed by atoms with Crippen molar-refractivity contribution >= 4 is 16.9 Å². The molecule has 0 aliphatic heterocycles. The van der Waals surface area contributed by atoms with E-state index in [1.165, 1.54) is 0 Å². The minimum atomic E-state index is -0.502. The number of fused-ring (bicyclic) bond motifs is 1. The summed E-state index contributed by atoms with van der Waals surface area (Å²) in [5.74, 6) is 0.462. The summed E-state index contributed by atoms with van der Waals surface area (Å²) < 4.78 is 16.3. The molecule has 2 aromatic carbocycles. The number of nitrogens with zero attached hydrogens (tertiary/aromatic N) is 4. The fraction of sp³-hybridized carbons (Fsp3) is 0.0952. The lowest BCUT2D eigenvalue weighted by Crippen LogP contribution is -2.05. The Bertz CT molecular complexity index is 1340. The molecular formula is C21H15N5O4. The first-order valence-corrected chi connectivity index (χ1v) is 9.14. The maximum Gasteiger partial charge on any atom is 0.338 e. The highest BCUT2D eigenvalue weighted by molar-refractivity contribution is 5.94. The van der Waals surface area contributed by atoms with Crippen molar-refractivity contribution in [2.75, 3.05) is 0 Å². The number of H-pyrrole nitrogens is 1. The highest BCUT2D eigenvalue weighted by Gasteiger charge is 2.22. The molecular weight excluding hydrogens is 386 g/mol. The Labute approximate surface area is 169 Å². The van der Waals surface area contributed by atoms with E-state index in [4.69, 9.17) is 13.7 Å². The van der Waals surface area contributed by atoms with Crippen LogP contribution in [0, 0.1) is 6.92 Å². The third-order valence-electron chi connectivity index (χ3n) is 4.60. The number of hydrogen-bond acceptors (Lipinski definition) is 8. The molecule has 148 valence electrons. The summed E-state index contributed by atoms with van der Waals surface area (Å²) in [4.78, 5) is 12.3. The molecule has 0 unspecified atom stereocenters. The van der Waals surface area contributed by atoms with E-state index in [0.717, 1.165) is 16.5 Å². The Hall–Kier alpha value is -4.27. The number of rotatable bonds is 5. The molecule has 0 saturated heterocycles. The van der Waals surface area contributed by atoms with Crippen LogP contribution in [0.25, 0.3) is 33.6 Å². The molecule has 0 aliphatic carbocycles. The summed E-state index contributed by atoms with van der Waals surface area (Å²) >= 11 is 0. The van der Waals surface area contributed by atoms with Crippen molar-refractivity contribution < 1.29 is 18.5 Å². The number of nitrogens with one attached hydrogen (secondary N) is 1. The minimum Gasteiger partial charge on any atom is -0.452 e. The number of aromatic amines is 1. The first-order chi connectivity index (χ1) is 14.7. The van der Waals surface area contributed by atoms with E-state index in [2.05, 4.69) is 25.6 Å². The molecule has 0 amide bonds. The van der Waals surface area contributed by atoms with Gasteiger partial charge in [-0.2, -0.15) is 5.10 Å². The summed E-state index contributed by atoms with van der Waals surface area (Å²) in [7, 11) is 0. The van der Waals surface area contributed by atoms with Gasteiger partial charge in [-0.25, -0.2) is 4.79 Å². The maximum absolute atomic E-state index is 12.3. The van der Waals surface area contributed by atoms with Crippen LogP contribution >= 0.6 is 0 Å². The molecule has 5 rings (SSSR count). The van der Waals surface area contributed by atoms with Gasteiger partial charge in [-0.05, 0) is 19.1 Å². The zero-order valence-corrected chi connectivity index (χ0v) is 15.8. The molecule has 0 aliphatic rings. The van der Waals surface area contributed by atoms with Crippen LogP contribution in [0.4, 0.5) is 0 Å². The van der Waals surface area contributed by atoms with Crippen molar-refractivity contribution in [1.29, 1.82) is 0 Å². The largest absolute Gasteiger partial charge is 0.452 e. The first kappa shape index (κ1) is 17.8. The van der Waals surface area contributed by atoms with Crippen LogP contribution in [-0.4, -0.2) is 31.5 Å². The van der Waals surface area contributed by atoms with Gasteiger partial charge in [-0.3, -0.25) is 5.10 Å². The lowest BCUT2D eigenvalue weighted by Gasteiger charge is -2.02. The molecule has 5 aromatic rings. The second-order valence-corrected chi connectivity index (χ2v) is 6.58. The highest BCUT2D eigenvalue weighted by Crippen LogP contribution is 2.33. The van der Waals surface area contributed by atoms with Crippen molar-refractivity contribution in [3.63, 3.8) is 0 Å². The number of aromatic nitrogens is 5. The predicted octanol–water partition coefficient (Wildman–Crippen LogP) is 3.93. The van der Waals surface area contributed by atoms with E-state index >= 15 is 0 Å². The topological polar surface area (TPSA) is 120 Å². The van der Waals surface area contributed by atoms with E-state index in [9.17, 15) is 4.79 Å². The number of hydrogen-bond donors (Lipinski definition) is 1. The zero-order chi connectivity index (χ0) is 20.5. The number of carbonyl (C=O) groups excluding carboxylic acids is 1. The lowest BCUT2D eigenvalue weighted by molar-refractivity contribution is 0.0439. The van der Waals surface area contributed by atoms with Crippen molar-refractivity contribution in [2.24, 2.45) is 0 Å². The highest BCUT2D eigenvalue weighted by atomic mass is 16.5. The van der Waals surface area contributed by atoms with Gasteiger partial charge < -0.3 is 13.7 Å². The number of carbonyl (C=O) groups is 1. The van der Waals surface area contributed by atoms with Crippen molar-refractivity contribution in [1.82, 2.24) is 25.6 Å². The van der Waals surface area contributed by atoms with Gasteiger partial charge in [0.15, 0.2) is 6.61 Å². The molecule has 30 heavy (non-hydrogen) atoms. The Morgan fingerprint density at radius 2 is 2.00 bits per heavy atom. The summed E-state index contributed by atoms with van der Waals surface area (Å²) in [6.07, 6.45) is 1.68. The molecule has 0 spiro atoms. The molecule has 0 fully saturated rings. The number of ether oxygens (including phenoxy) is 1. The summed E-state index contributed by atoms with van der Waals surface area (Å²) in [5.41, 5.74) is 3.22. The van der Waals surface area contributed by atoms with E-state index in [0.29, 0.717) is 22.6 Å². The standard InChI is InChI=1S/C21H15N5O4/c1-12-18(19(26-30-12)13-5-3-2-4-6-13)20-25-24-17(29-20)11-28-21(27)14-7-8-15-10-22-23-16(15)9-14/h2-10H,11H2,1H3,(H,22,23). The van der Waals surface area contributed by atoms with E-state index < -0.39 is 5.97 Å². The van der Waals surface area contributed by atoms with Crippen molar-refractivity contribution in [2.45, 2.75) is 13.5 Å². The van der Waals surface area contributed by atoms with Crippen LogP contribution in [-0.2, 0) is 11.3 Å². The van der Waals surface area contributed by atoms with E-state index in [1.807, 2.05) is 30.3 Å². The van der Waals surface area contributed by atoms with Crippen molar-refractivity contribution in [3.8, 4) is 22.7 Å². The third-order valence-corrected chi connectivity index (χ3v) is 4.60. The van der Waals surface area contributed by atoms with Crippen molar-refractivity contribution in [3.05, 3.63) is 71.9 Å². The quantitative estimate of drug-likeness (QED) is 0.440. The first-order valence-electron chi connectivity index (χ1n) is 9.14. The SMILES string of the molecule is Cc1onc(-c2ccccc2)c1-c1nnc(COC(=O)c2ccc3cn[nH]c3c2)o1. The predicted molar refractivity (Wildman–Crippen MR) is 105 cm³/mol. The second-order valence-electron chi connectivity index (χ2n) is 6.58. The average Bonchev–Trinajstić information content (AvgIpc) is 3.51. The lowest BCUT2D eigenvalue weighted by atomic mass is 10.1. The molecule has 0 bridgehead atoms. The van der Waals surface area contributed by atoms with Gasteiger partial charge in [0.05, 0.1) is 17.3 Å². The second kappa shape index (κ2) is 7.28. The maximum atomic E-state index is 12.3. The number of aryl methyl sites for hydroxylation is 1. The Morgan fingerprint density at radius 3 is 2.87 bits per heavy atom. The minimum absolute atomic E-state index is 0.155. The summed E-state index contributed by atoms with van der Waals surface area (Å²) in [6, 6.07) is 14.7. The van der Waals surface area contributed by atoms with Crippen LogP contribution in [0.3, 0.4) is 0 Å². The average molecular weight is 401 g/mol. The molecule has 0 saturated carbocycles. The van der Waals surface area contributed by atoms with Crippen LogP contribution < -0.4 is 0 Å². The van der Waals surface area contributed by atoms with E-state index in [-0.39, 0.29) is 18.4 Å². The zero-order valence-electron chi connectivity index (χ0n) is 15.8. The number of benzene rings is 2. The molecule has 3 heterocycles. The molecule has 9 heteroatoms. The normalized spacial score (nSPS) is 11.1. The fourth-order valence-corrected chi connectivity index (χ4v) is 3.10. The van der Waals surface area contributed by atoms with Gasteiger partial charge in [0.2, 0.25) is 0 Å². The molecule has 0 atom stereocenters. The van der Waals surface area contributed by atoms with Gasteiger partial charge in [-0.15, -0.1) is 10.2 Å². The van der Waals surface area contributed by atoms with Crippen LogP contribution in [0.5, 0.6) is 0 Å². The Balaban J connectivity index is 1.34. The molecule has 3 aromatic heterocycles. The Kier molecular flexibility index (Phi) is 4.32. The van der Waals surface area contributed by atoms with Gasteiger partial charge in [0.1, 0.15) is 17.0 Å². The van der Waals surface area contributed by atoms with E-state index in [1.54, 1.807) is 31.3 Å². The van der Waals surface area contributed by atoms with Gasteiger partial charge >= 0.3 is 5.97 Å². The monoisotopic (exact) mass is 401 g/mol. The smallest absolute Gasteiger partial charge is 0.338 e. The molecule has 9 nitrogen and oxygen atoms in total. The summed E-state index contributed by atoms with van der Waals surface area (Å²) in [5, 5.41) is 19.8. The molecule has 0 radical (unpaired) electrons.